The lowest BCUT2D eigenvalue weighted by molar-refractivity contribution is 0.0734. The van der Waals surface area contributed by atoms with Gasteiger partial charge in [0.1, 0.15) is 0 Å². The van der Waals surface area contributed by atoms with E-state index in [9.17, 15) is 0 Å². The highest BCUT2D eigenvalue weighted by molar-refractivity contribution is 5.56. The molecule has 2 heteroatoms. The van der Waals surface area contributed by atoms with Crippen LogP contribution in [0.2, 0.25) is 0 Å². The van der Waals surface area contributed by atoms with Crippen LogP contribution in [0.1, 0.15) is 29.2 Å². The van der Waals surface area contributed by atoms with Crippen molar-refractivity contribution in [2.45, 2.75) is 31.9 Å². The summed E-state index contributed by atoms with van der Waals surface area (Å²) >= 11 is 0. The molecule has 1 saturated heterocycles. The van der Waals surface area contributed by atoms with Gasteiger partial charge in [-0.1, -0.05) is 48.0 Å². The Bertz CT molecular complexity index is 622. The molecule has 2 heterocycles. The fraction of sp³-hybridized carbons (Fsp3) is 0.294. The van der Waals surface area contributed by atoms with Crippen LogP contribution in [0.25, 0.3) is 0 Å². The Balaban J connectivity index is 1.77. The number of hydroxylamine groups is 1. The number of hydrogen-bond acceptors (Lipinski definition) is 2. The molecule has 0 unspecified atom stereocenters. The molecule has 19 heavy (non-hydrogen) atoms. The molecule has 0 spiro atoms. The van der Waals surface area contributed by atoms with E-state index in [0.717, 1.165) is 12.8 Å². The fourth-order valence-electron chi connectivity index (χ4n) is 3.26. The summed E-state index contributed by atoms with van der Waals surface area (Å²) in [6, 6.07) is 17.7. The lowest BCUT2D eigenvalue weighted by Gasteiger charge is -2.30. The number of hydrogen-bond donors (Lipinski definition) is 0. The van der Waals surface area contributed by atoms with Crippen molar-refractivity contribution < 1.29 is 4.84 Å². The third-order valence-corrected chi connectivity index (χ3v) is 4.14. The van der Waals surface area contributed by atoms with E-state index in [4.69, 9.17) is 4.84 Å². The monoisotopic (exact) mass is 251 g/mol. The molecule has 2 bridgehead atoms. The fourth-order valence-corrected chi connectivity index (χ4v) is 3.26. The van der Waals surface area contributed by atoms with Crippen LogP contribution in [0.4, 0.5) is 5.69 Å². The number of para-hydroxylation sites is 1. The van der Waals surface area contributed by atoms with Gasteiger partial charge in [-0.15, -0.1) is 0 Å². The molecular weight excluding hydrogens is 234 g/mol. The largest absolute Gasteiger partial charge is 0.269 e. The maximum absolute atomic E-state index is 6.06. The average molecular weight is 251 g/mol. The van der Waals surface area contributed by atoms with Crippen LogP contribution in [-0.4, -0.2) is 6.10 Å². The molecule has 1 fully saturated rings. The van der Waals surface area contributed by atoms with Crippen LogP contribution in [0, 0.1) is 6.92 Å². The van der Waals surface area contributed by atoms with Crippen LogP contribution in [-0.2, 0) is 11.3 Å². The SMILES string of the molecule is Cc1cccc([C@@H]2C[C@@H]3Cc4ccccc4N2O3)c1. The predicted molar refractivity (Wildman–Crippen MR) is 76.0 cm³/mol. The first-order valence-electron chi connectivity index (χ1n) is 6.92. The molecule has 2 atom stereocenters. The van der Waals surface area contributed by atoms with E-state index in [2.05, 4.69) is 60.5 Å². The molecule has 2 aromatic rings. The molecule has 0 aliphatic carbocycles. The number of fused-ring (bicyclic) bond motifs is 4. The first-order valence-corrected chi connectivity index (χ1v) is 6.92. The minimum atomic E-state index is 0.334. The number of nitrogens with zero attached hydrogens (tertiary/aromatic N) is 1. The van der Waals surface area contributed by atoms with Crippen LogP contribution in [0.5, 0.6) is 0 Å². The number of rotatable bonds is 1. The third-order valence-electron chi connectivity index (χ3n) is 4.14. The standard InChI is InChI=1S/C17H17NO/c1-12-5-4-7-13(9-12)17-11-15-10-14-6-2-3-8-16(14)18(17)19-15/h2-9,15,17H,10-11H2,1H3/t15-,17-/m0/s1. The maximum Gasteiger partial charge on any atom is 0.0921 e. The predicted octanol–water partition coefficient (Wildman–Crippen LogP) is 3.80. The average Bonchev–Trinajstić information content (AvgIpc) is 2.77. The van der Waals surface area contributed by atoms with Gasteiger partial charge >= 0.3 is 0 Å². The van der Waals surface area contributed by atoms with E-state index >= 15 is 0 Å². The van der Waals surface area contributed by atoms with E-state index in [-0.39, 0.29) is 0 Å². The van der Waals surface area contributed by atoms with E-state index in [0.29, 0.717) is 12.1 Å². The van der Waals surface area contributed by atoms with Crippen molar-refractivity contribution in [1.82, 2.24) is 0 Å². The first-order chi connectivity index (χ1) is 9.31. The zero-order valence-corrected chi connectivity index (χ0v) is 11.0. The third kappa shape index (κ3) is 1.75. The molecule has 0 saturated carbocycles. The van der Waals surface area contributed by atoms with Gasteiger partial charge in [0.2, 0.25) is 0 Å². The topological polar surface area (TPSA) is 12.5 Å². The highest BCUT2D eigenvalue weighted by atomic mass is 16.7. The van der Waals surface area contributed by atoms with Gasteiger partial charge in [0.25, 0.3) is 0 Å². The molecule has 2 nitrogen and oxygen atoms in total. The van der Waals surface area contributed by atoms with E-state index in [1.54, 1.807) is 0 Å². The van der Waals surface area contributed by atoms with Gasteiger partial charge in [-0.05, 0) is 24.1 Å². The van der Waals surface area contributed by atoms with Crippen LogP contribution in [0.3, 0.4) is 0 Å². The number of aryl methyl sites for hydroxylation is 1. The molecule has 2 aliphatic rings. The molecule has 2 aromatic carbocycles. The summed E-state index contributed by atoms with van der Waals surface area (Å²) in [4.78, 5) is 6.06. The number of anilines is 1. The molecule has 0 aromatic heterocycles. The second-order valence-electron chi connectivity index (χ2n) is 5.55. The van der Waals surface area contributed by atoms with Crippen molar-refractivity contribution >= 4 is 5.69 Å². The van der Waals surface area contributed by atoms with Gasteiger partial charge < -0.3 is 0 Å². The zero-order valence-electron chi connectivity index (χ0n) is 11.0. The Kier molecular flexibility index (Phi) is 2.39. The Morgan fingerprint density at radius 2 is 2.00 bits per heavy atom. The summed E-state index contributed by atoms with van der Waals surface area (Å²) in [6.07, 6.45) is 2.45. The van der Waals surface area contributed by atoms with Crippen LogP contribution < -0.4 is 5.06 Å². The Hall–Kier alpha value is -1.80. The summed E-state index contributed by atoms with van der Waals surface area (Å²) in [7, 11) is 0. The highest BCUT2D eigenvalue weighted by Gasteiger charge is 2.39. The van der Waals surface area contributed by atoms with Gasteiger partial charge in [-0.2, -0.15) is 0 Å². The molecular formula is C17H17NO. The molecule has 0 amide bonds. The molecule has 0 N–H and O–H groups in total. The summed E-state index contributed by atoms with van der Waals surface area (Å²) in [6.45, 7) is 2.15. The molecule has 4 rings (SSSR count). The van der Waals surface area contributed by atoms with Gasteiger partial charge in [0.15, 0.2) is 0 Å². The molecule has 96 valence electrons. The van der Waals surface area contributed by atoms with Crippen molar-refractivity contribution in [3.8, 4) is 0 Å². The Morgan fingerprint density at radius 3 is 2.89 bits per heavy atom. The highest BCUT2D eigenvalue weighted by Crippen LogP contribution is 2.44. The Labute approximate surface area is 113 Å². The first kappa shape index (κ1) is 11.1. The lowest BCUT2D eigenvalue weighted by Crippen LogP contribution is -2.27. The Morgan fingerprint density at radius 1 is 1.11 bits per heavy atom. The van der Waals surface area contributed by atoms with E-state index in [1.807, 2.05) is 0 Å². The van der Waals surface area contributed by atoms with Crippen molar-refractivity contribution in [2.75, 3.05) is 5.06 Å². The second-order valence-corrected chi connectivity index (χ2v) is 5.55. The summed E-state index contributed by atoms with van der Waals surface area (Å²) in [5, 5.41) is 2.12. The van der Waals surface area contributed by atoms with Crippen molar-refractivity contribution in [2.24, 2.45) is 0 Å². The van der Waals surface area contributed by atoms with Crippen LogP contribution >= 0.6 is 0 Å². The van der Waals surface area contributed by atoms with Gasteiger partial charge in [0.05, 0.1) is 17.8 Å². The van der Waals surface area contributed by atoms with Gasteiger partial charge in [0, 0.05) is 12.8 Å². The van der Waals surface area contributed by atoms with Gasteiger partial charge in [-0.25, -0.2) is 5.06 Å². The van der Waals surface area contributed by atoms with Crippen molar-refractivity contribution in [3.05, 3.63) is 65.2 Å². The van der Waals surface area contributed by atoms with E-state index < -0.39 is 0 Å². The normalized spacial score (nSPS) is 24.4. The minimum absolute atomic E-state index is 0.334. The minimum Gasteiger partial charge on any atom is -0.269 e. The maximum atomic E-state index is 6.06. The molecule has 2 aliphatic heterocycles. The number of benzene rings is 2. The second kappa shape index (κ2) is 4.10. The summed E-state index contributed by atoms with van der Waals surface area (Å²) in [5.41, 5.74) is 5.32. The lowest BCUT2D eigenvalue weighted by atomic mass is 9.99. The summed E-state index contributed by atoms with van der Waals surface area (Å²) < 4.78 is 0. The smallest absolute Gasteiger partial charge is 0.0921 e. The van der Waals surface area contributed by atoms with Crippen molar-refractivity contribution in [1.29, 1.82) is 0 Å². The zero-order chi connectivity index (χ0) is 12.8. The summed E-state index contributed by atoms with van der Waals surface area (Å²) in [5.74, 6) is 0. The van der Waals surface area contributed by atoms with E-state index in [1.165, 1.54) is 22.4 Å². The van der Waals surface area contributed by atoms with Crippen LogP contribution in [0.15, 0.2) is 48.5 Å². The van der Waals surface area contributed by atoms with Gasteiger partial charge in [-0.3, -0.25) is 4.84 Å². The molecule has 0 radical (unpaired) electrons. The van der Waals surface area contributed by atoms with Crippen molar-refractivity contribution in [3.63, 3.8) is 0 Å². The quantitative estimate of drug-likeness (QED) is 0.764.